The van der Waals surface area contributed by atoms with E-state index in [1.807, 2.05) is 0 Å². The number of halogens is 3. The van der Waals surface area contributed by atoms with Gasteiger partial charge in [0.1, 0.15) is 18.2 Å². The minimum atomic E-state index is -0.834. The molecule has 0 fully saturated rings. The number of carbonyl (C=O) groups excluding carboxylic acids is 2. The minimum Gasteiger partial charge on any atom is -0.324 e. The van der Waals surface area contributed by atoms with E-state index in [4.69, 9.17) is 11.6 Å². The second kappa shape index (κ2) is 5.38. The highest BCUT2D eigenvalue weighted by Crippen LogP contribution is 2.28. The summed E-state index contributed by atoms with van der Waals surface area (Å²) < 4.78 is 26.7. The molecular weight excluding hydrogens is 314 g/mol. The predicted molar refractivity (Wildman–Crippen MR) is 78.1 cm³/mol. The maximum atomic E-state index is 13.4. The molecule has 0 atom stereocenters. The van der Waals surface area contributed by atoms with E-state index in [1.165, 1.54) is 18.2 Å². The monoisotopic (exact) mass is 322 g/mol. The maximum absolute atomic E-state index is 13.4. The van der Waals surface area contributed by atoms with Crippen LogP contribution in [0.1, 0.15) is 10.4 Å². The lowest BCUT2D eigenvalue weighted by molar-refractivity contribution is -0.114. The third-order valence-electron chi connectivity index (χ3n) is 3.19. The highest BCUT2D eigenvalue weighted by Gasteiger charge is 2.28. The zero-order chi connectivity index (χ0) is 15.9. The van der Waals surface area contributed by atoms with Crippen molar-refractivity contribution < 1.29 is 18.4 Å². The van der Waals surface area contributed by atoms with E-state index in [0.29, 0.717) is 16.8 Å². The topological polar surface area (TPSA) is 49.4 Å². The molecule has 0 aliphatic carbocycles. The maximum Gasteiger partial charge on any atom is 0.260 e. The fourth-order valence-electron chi connectivity index (χ4n) is 2.26. The van der Waals surface area contributed by atoms with Gasteiger partial charge in [-0.15, -0.1) is 0 Å². The molecule has 2 aromatic carbocycles. The van der Waals surface area contributed by atoms with Crippen LogP contribution in [0.25, 0.3) is 0 Å². The van der Waals surface area contributed by atoms with Crippen LogP contribution in [0.15, 0.2) is 36.4 Å². The molecule has 0 bridgehead atoms. The smallest absolute Gasteiger partial charge is 0.260 e. The second-order valence-corrected chi connectivity index (χ2v) is 5.19. The Morgan fingerprint density at radius 1 is 1.05 bits per heavy atom. The number of nitrogens with one attached hydrogen (secondary N) is 1. The molecule has 0 radical (unpaired) electrons. The quantitative estimate of drug-likeness (QED) is 0.876. The van der Waals surface area contributed by atoms with Gasteiger partial charge < -0.3 is 5.32 Å². The molecule has 0 spiro atoms. The Morgan fingerprint density at radius 2 is 1.73 bits per heavy atom. The van der Waals surface area contributed by atoms with E-state index in [0.717, 1.165) is 17.0 Å². The summed E-state index contributed by atoms with van der Waals surface area (Å²) in [6.07, 6.45) is 0. The summed E-state index contributed by atoms with van der Waals surface area (Å²) in [4.78, 5) is 25.5. The Balaban J connectivity index is 2.12. The first-order valence-electron chi connectivity index (χ1n) is 6.31. The van der Waals surface area contributed by atoms with Gasteiger partial charge in [0.15, 0.2) is 0 Å². The van der Waals surface area contributed by atoms with Crippen LogP contribution in [0.5, 0.6) is 0 Å². The lowest BCUT2D eigenvalue weighted by Gasteiger charge is -2.20. The van der Waals surface area contributed by atoms with Crippen LogP contribution in [0, 0.1) is 11.6 Å². The summed E-state index contributed by atoms with van der Waals surface area (Å²) in [6.45, 7) is -0.353. The molecule has 112 valence electrons. The summed E-state index contributed by atoms with van der Waals surface area (Å²) in [5.41, 5.74) is 0.423. The van der Waals surface area contributed by atoms with Crippen molar-refractivity contribution in [2.75, 3.05) is 16.8 Å². The molecule has 3 rings (SSSR count). The van der Waals surface area contributed by atoms with E-state index < -0.39 is 23.4 Å². The van der Waals surface area contributed by atoms with Crippen molar-refractivity contribution in [2.24, 2.45) is 0 Å². The Hall–Kier alpha value is -2.47. The molecule has 1 aliphatic heterocycles. The molecule has 0 saturated carbocycles. The van der Waals surface area contributed by atoms with Crippen LogP contribution in [0.3, 0.4) is 0 Å². The molecule has 0 saturated heterocycles. The first kappa shape index (κ1) is 14.5. The van der Waals surface area contributed by atoms with E-state index in [9.17, 15) is 18.4 Å². The van der Waals surface area contributed by atoms with Crippen molar-refractivity contribution in [3.05, 3.63) is 58.6 Å². The normalized spacial score (nSPS) is 14.4. The summed E-state index contributed by atoms with van der Waals surface area (Å²) in [6, 6.07) is 7.10. The molecule has 7 heteroatoms. The lowest BCUT2D eigenvalue weighted by Crippen LogP contribution is -2.35. The van der Waals surface area contributed by atoms with Gasteiger partial charge in [0.2, 0.25) is 5.91 Å². The standard InChI is InChI=1S/C15H9ClF2N2O2/c16-8-1-2-13-12(3-8)15(22)20(7-14(21)19-13)11-5-9(17)4-10(18)6-11/h1-6H,7H2,(H,19,21). The number of amides is 2. The number of carbonyl (C=O) groups is 2. The first-order valence-corrected chi connectivity index (χ1v) is 6.69. The van der Waals surface area contributed by atoms with Gasteiger partial charge in [0.05, 0.1) is 16.9 Å². The number of hydrogen-bond donors (Lipinski definition) is 1. The van der Waals surface area contributed by atoms with Crippen molar-refractivity contribution in [1.82, 2.24) is 0 Å². The molecule has 1 aliphatic rings. The van der Waals surface area contributed by atoms with Crippen molar-refractivity contribution in [1.29, 1.82) is 0 Å². The van der Waals surface area contributed by atoms with E-state index in [2.05, 4.69) is 5.32 Å². The largest absolute Gasteiger partial charge is 0.324 e. The van der Waals surface area contributed by atoms with Crippen molar-refractivity contribution in [2.45, 2.75) is 0 Å². The van der Waals surface area contributed by atoms with Gasteiger partial charge in [-0.25, -0.2) is 8.78 Å². The Labute approximate surface area is 129 Å². The molecular formula is C15H9ClF2N2O2. The average molecular weight is 323 g/mol. The van der Waals surface area contributed by atoms with Crippen LogP contribution in [0.4, 0.5) is 20.2 Å². The third kappa shape index (κ3) is 2.65. The van der Waals surface area contributed by atoms with Crippen LogP contribution in [-0.4, -0.2) is 18.4 Å². The molecule has 2 amide bonds. The number of fused-ring (bicyclic) bond motifs is 1. The third-order valence-corrected chi connectivity index (χ3v) is 3.43. The summed E-state index contributed by atoms with van der Waals surface area (Å²) in [5.74, 6) is -2.71. The predicted octanol–water partition coefficient (Wildman–Crippen LogP) is 3.22. The SMILES string of the molecule is O=C1CN(c2cc(F)cc(F)c2)C(=O)c2cc(Cl)ccc2N1. The molecule has 1 heterocycles. The zero-order valence-corrected chi connectivity index (χ0v) is 11.8. The average Bonchev–Trinajstić information content (AvgIpc) is 2.56. The van der Waals surface area contributed by atoms with Gasteiger partial charge in [-0.1, -0.05) is 11.6 Å². The molecule has 22 heavy (non-hydrogen) atoms. The molecule has 1 N–H and O–H groups in total. The van der Waals surface area contributed by atoms with Crippen molar-refractivity contribution in [3.8, 4) is 0 Å². The van der Waals surface area contributed by atoms with E-state index in [1.54, 1.807) is 0 Å². The second-order valence-electron chi connectivity index (χ2n) is 4.76. The molecule has 0 aromatic heterocycles. The Kier molecular flexibility index (Phi) is 3.54. The highest BCUT2D eigenvalue weighted by atomic mass is 35.5. The van der Waals surface area contributed by atoms with Crippen LogP contribution in [-0.2, 0) is 4.79 Å². The zero-order valence-electron chi connectivity index (χ0n) is 11.1. The molecule has 2 aromatic rings. The number of benzene rings is 2. The number of nitrogens with zero attached hydrogens (tertiary/aromatic N) is 1. The fraction of sp³-hybridized carbons (Fsp3) is 0.0667. The Bertz CT molecular complexity index is 775. The van der Waals surface area contributed by atoms with Gasteiger partial charge in [-0.2, -0.15) is 0 Å². The fourth-order valence-corrected chi connectivity index (χ4v) is 2.43. The van der Waals surface area contributed by atoms with Gasteiger partial charge in [-0.05, 0) is 30.3 Å². The number of anilines is 2. The van der Waals surface area contributed by atoms with Crippen molar-refractivity contribution in [3.63, 3.8) is 0 Å². The van der Waals surface area contributed by atoms with Crippen molar-refractivity contribution >= 4 is 34.8 Å². The van der Waals surface area contributed by atoms with Gasteiger partial charge in [0, 0.05) is 11.1 Å². The van der Waals surface area contributed by atoms with Gasteiger partial charge >= 0.3 is 0 Å². The molecule has 4 nitrogen and oxygen atoms in total. The lowest BCUT2D eigenvalue weighted by atomic mass is 10.1. The summed E-state index contributed by atoms with van der Waals surface area (Å²) >= 11 is 5.87. The number of hydrogen-bond acceptors (Lipinski definition) is 2. The summed E-state index contributed by atoms with van der Waals surface area (Å²) in [5, 5.41) is 2.87. The van der Waals surface area contributed by atoms with Crippen LogP contribution in [0.2, 0.25) is 5.02 Å². The summed E-state index contributed by atoms with van der Waals surface area (Å²) in [7, 11) is 0. The van der Waals surface area contributed by atoms with Gasteiger partial charge in [-0.3, -0.25) is 14.5 Å². The van der Waals surface area contributed by atoms with E-state index >= 15 is 0 Å². The molecule has 0 unspecified atom stereocenters. The number of rotatable bonds is 1. The van der Waals surface area contributed by atoms with Crippen LogP contribution < -0.4 is 10.2 Å². The van der Waals surface area contributed by atoms with Crippen LogP contribution >= 0.6 is 11.6 Å². The first-order chi connectivity index (χ1) is 10.4. The minimum absolute atomic E-state index is 0.0366. The highest BCUT2D eigenvalue weighted by molar-refractivity contribution is 6.31. The Morgan fingerprint density at radius 3 is 2.41 bits per heavy atom. The van der Waals surface area contributed by atoms with Gasteiger partial charge in [0.25, 0.3) is 5.91 Å². The van der Waals surface area contributed by atoms with E-state index in [-0.39, 0.29) is 17.8 Å².